The first kappa shape index (κ1) is 20.3. The highest BCUT2D eigenvalue weighted by molar-refractivity contribution is 6.31. The van der Waals surface area contributed by atoms with Crippen LogP contribution in [0.15, 0.2) is 42.7 Å². The summed E-state index contributed by atoms with van der Waals surface area (Å²) in [5.41, 5.74) is 9.67. The molecule has 0 aliphatic heterocycles. The van der Waals surface area contributed by atoms with Crippen molar-refractivity contribution in [1.82, 2.24) is 19.7 Å². The van der Waals surface area contributed by atoms with Gasteiger partial charge >= 0.3 is 0 Å². The third-order valence-electron chi connectivity index (χ3n) is 4.91. The minimum Gasteiger partial charge on any atom is -0.487 e. The van der Waals surface area contributed by atoms with Crippen molar-refractivity contribution in [2.45, 2.75) is 33.4 Å². The summed E-state index contributed by atoms with van der Waals surface area (Å²) in [4.78, 5) is 8.89. The fraction of sp³-hybridized carbons (Fsp3) is 0.227. The molecule has 0 unspecified atom stereocenters. The van der Waals surface area contributed by atoms with Crippen LogP contribution in [0.1, 0.15) is 35.6 Å². The fourth-order valence-corrected chi connectivity index (χ4v) is 3.76. The summed E-state index contributed by atoms with van der Waals surface area (Å²) in [5.74, 6) is 0.936. The third kappa shape index (κ3) is 3.74. The number of benzene rings is 2. The number of rotatable bonds is 5. The predicted octanol–water partition coefficient (Wildman–Crippen LogP) is 4.82. The molecule has 4 aromatic rings. The van der Waals surface area contributed by atoms with Gasteiger partial charge in [-0.25, -0.2) is 19.0 Å². The van der Waals surface area contributed by atoms with E-state index in [2.05, 4.69) is 15.1 Å². The van der Waals surface area contributed by atoms with Gasteiger partial charge in [0.05, 0.1) is 10.7 Å². The molecular weight excluding hydrogens is 405 g/mol. The number of pyridine rings is 1. The maximum Gasteiger partial charge on any atom is 0.146 e. The molecule has 1 atom stereocenters. The van der Waals surface area contributed by atoms with Crippen molar-refractivity contribution in [1.29, 1.82) is 0 Å². The minimum atomic E-state index is -0.425. The van der Waals surface area contributed by atoms with E-state index in [1.54, 1.807) is 11.6 Å². The Bertz CT molecular complexity index is 1240. The molecule has 0 spiro atoms. The van der Waals surface area contributed by atoms with Gasteiger partial charge in [-0.2, -0.15) is 5.10 Å². The molecule has 154 valence electrons. The Morgan fingerprint density at radius 1 is 1.23 bits per heavy atom. The molecule has 8 heteroatoms. The lowest BCUT2D eigenvalue weighted by molar-refractivity contribution is 0.307. The molecule has 2 aromatic carbocycles. The lowest BCUT2D eigenvalue weighted by atomic mass is 10.0. The van der Waals surface area contributed by atoms with Crippen LogP contribution in [0.2, 0.25) is 5.02 Å². The Morgan fingerprint density at radius 2 is 2.03 bits per heavy atom. The van der Waals surface area contributed by atoms with Crippen molar-refractivity contribution in [2.75, 3.05) is 0 Å². The largest absolute Gasteiger partial charge is 0.487 e. The van der Waals surface area contributed by atoms with E-state index < -0.39 is 5.82 Å². The summed E-state index contributed by atoms with van der Waals surface area (Å²) in [5, 5.41) is 5.48. The number of para-hydroxylation sites is 1. The zero-order valence-electron chi connectivity index (χ0n) is 16.9. The molecule has 0 aliphatic rings. The Morgan fingerprint density at radius 3 is 2.73 bits per heavy atom. The van der Waals surface area contributed by atoms with Gasteiger partial charge in [0.1, 0.15) is 35.8 Å². The molecule has 2 heterocycles. The maximum absolute atomic E-state index is 13.8. The van der Waals surface area contributed by atoms with Crippen molar-refractivity contribution < 1.29 is 9.13 Å². The number of nitrogens with two attached hydrogens (primary N) is 1. The van der Waals surface area contributed by atoms with Crippen LogP contribution in [0.5, 0.6) is 5.75 Å². The van der Waals surface area contributed by atoms with Gasteiger partial charge < -0.3 is 10.5 Å². The summed E-state index contributed by atoms with van der Waals surface area (Å²) in [6.45, 7) is 5.73. The normalized spacial score (nSPS) is 12.3. The van der Waals surface area contributed by atoms with Crippen molar-refractivity contribution in [3.8, 4) is 11.4 Å². The van der Waals surface area contributed by atoms with Crippen LogP contribution >= 0.6 is 11.6 Å². The van der Waals surface area contributed by atoms with E-state index in [0.717, 1.165) is 22.6 Å². The van der Waals surface area contributed by atoms with Gasteiger partial charge in [0.2, 0.25) is 0 Å². The molecule has 0 fully saturated rings. The van der Waals surface area contributed by atoms with E-state index in [9.17, 15) is 4.39 Å². The van der Waals surface area contributed by atoms with E-state index in [-0.39, 0.29) is 17.7 Å². The lowest BCUT2D eigenvalue weighted by Crippen LogP contribution is -2.11. The zero-order chi connectivity index (χ0) is 21.4. The highest BCUT2D eigenvalue weighted by Gasteiger charge is 2.16. The molecule has 0 saturated carbocycles. The van der Waals surface area contributed by atoms with Crippen LogP contribution in [0.25, 0.3) is 16.6 Å². The molecule has 4 rings (SSSR count). The molecule has 2 N–H and O–H groups in total. The summed E-state index contributed by atoms with van der Waals surface area (Å²) in [6.07, 6.45) is 1.52. The standard InChI is InChI=1S/C22H21ClFN5O/c1-12-7-20(29-14(3)26-11-27-29)16-5-4-6-21(22(16)28-12)30-10-18-17(13(2)25)8-15(24)9-19(18)23/h4-9,11,13H,10,25H2,1-3H3/t13-/m0/s1. The molecule has 0 amide bonds. The second kappa shape index (κ2) is 8.01. The van der Waals surface area contributed by atoms with Crippen molar-refractivity contribution in [2.24, 2.45) is 5.73 Å². The number of nitrogens with zero attached hydrogens (tertiary/aromatic N) is 4. The zero-order valence-corrected chi connectivity index (χ0v) is 17.6. The number of hydrogen-bond donors (Lipinski definition) is 1. The predicted molar refractivity (Wildman–Crippen MR) is 114 cm³/mol. The van der Waals surface area contributed by atoms with Crippen molar-refractivity contribution in [3.05, 3.63) is 76.2 Å². The second-order valence-electron chi connectivity index (χ2n) is 7.19. The summed E-state index contributed by atoms with van der Waals surface area (Å²) >= 11 is 6.29. The van der Waals surface area contributed by atoms with Crippen LogP contribution in [-0.4, -0.2) is 19.7 Å². The van der Waals surface area contributed by atoms with Gasteiger partial charge in [-0.1, -0.05) is 23.7 Å². The number of ether oxygens (including phenoxy) is 1. The molecule has 2 aromatic heterocycles. The summed E-state index contributed by atoms with van der Waals surface area (Å²) in [7, 11) is 0. The van der Waals surface area contributed by atoms with Gasteiger partial charge in [-0.15, -0.1) is 0 Å². The number of aromatic nitrogens is 4. The molecule has 0 radical (unpaired) electrons. The summed E-state index contributed by atoms with van der Waals surface area (Å²) in [6, 6.07) is 9.93. The summed E-state index contributed by atoms with van der Waals surface area (Å²) < 4.78 is 21.7. The molecule has 6 nitrogen and oxygen atoms in total. The molecule has 0 bridgehead atoms. The average Bonchev–Trinajstić information content (AvgIpc) is 3.12. The van der Waals surface area contributed by atoms with E-state index in [1.807, 2.05) is 38.1 Å². The SMILES string of the molecule is Cc1cc(-n2ncnc2C)c2cccc(OCc3c(Cl)cc(F)cc3[C@H](C)N)c2n1. The second-order valence-corrected chi connectivity index (χ2v) is 7.59. The molecule has 30 heavy (non-hydrogen) atoms. The van der Waals surface area contributed by atoms with Crippen LogP contribution in [0.4, 0.5) is 4.39 Å². The number of aryl methyl sites for hydroxylation is 2. The Hall–Kier alpha value is -3.03. The smallest absolute Gasteiger partial charge is 0.146 e. The highest BCUT2D eigenvalue weighted by atomic mass is 35.5. The van der Waals surface area contributed by atoms with E-state index in [4.69, 9.17) is 22.1 Å². The minimum absolute atomic E-state index is 0.141. The van der Waals surface area contributed by atoms with Crippen LogP contribution < -0.4 is 10.5 Å². The first-order valence-corrected chi connectivity index (χ1v) is 9.86. The monoisotopic (exact) mass is 425 g/mol. The quantitative estimate of drug-likeness (QED) is 0.495. The van der Waals surface area contributed by atoms with Gasteiger partial charge in [0.15, 0.2) is 0 Å². The van der Waals surface area contributed by atoms with Gasteiger partial charge in [0.25, 0.3) is 0 Å². The topological polar surface area (TPSA) is 78.8 Å². The molecule has 0 aliphatic carbocycles. The average molecular weight is 426 g/mol. The van der Waals surface area contributed by atoms with Crippen LogP contribution in [0, 0.1) is 19.7 Å². The molecular formula is C22H21ClFN5O. The van der Waals surface area contributed by atoms with Gasteiger partial charge in [-0.05, 0) is 50.6 Å². The number of hydrogen-bond acceptors (Lipinski definition) is 5. The Labute approximate surface area is 178 Å². The first-order chi connectivity index (χ1) is 14.3. The van der Waals surface area contributed by atoms with E-state index >= 15 is 0 Å². The van der Waals surface area contributed by atoms with E-state index in [0.29, 0.717) is 22.4 Å². The van der Waals surface area contributed by atoms with Crippen LogP contribution in [-0.2, 0) is 6.61 Å². The Balaban J connectivity index is 1.77. The fourth-order valence-electron chi connectivity index (χ4n) is 3.49. The first-order valence-electron chi connectivity index (χ1n) is 9.48. The third-order valence-corrected chi connectivity index (χ3v) is 5.25. The van der Waals surface area contributed by atoms with E-state index in [1.165, 1.54) is 18.5 Å². The van der Waals surface area contributed by atoms with Crippen molar-refractivity contribution >= 4 is 22.5 Å². The van der Waals surface area contributed by atoms with Gasteiger partial charge in [-0.3, -0.25) is 0 Å². The lowest BCUT2D eigenvalue weighted by Gasteiger charge is -2.17. The van der Waals surface area contributed by atoms with Crippen molar-refractivity contribution in [3.63, 3.8) is 0 Å². The van der Waals surface area contributed by atoms with Crippen LogP contribution in [0.3, 0.4) is 0 Å². The highest BCUT2D eigenvalue weighted by Crippen LogP contribution is 2.32. The number of fused-ring (bicyclic) bond motifs is 1. The Kier molecular flexibility index (Phi) is 5.40. The molecule has 0 saturated heterocycles. The maximum atomic E-state index is 13.8. The number of halogens is 2. The van der Waals surface area contributed by atoms with Gasteiger partial charge in [0, 0.05) is 22.7 Å².